The van der Waals surface area contributed by atoms with Gasteiger partial charge in [0.05, 0.1) is 29.4 Å². The fourth-order valence-electron chi connectivity index (χ4n) is 3.35. The van der Waals surface area contributed by atoms with E-state index in [-0.39, 0.29) is 16.8 Å². The molecule has 0 saturated carbocycles. The molecule has 5 nitrogen and oxygen atoms in total. The second-order valence-corrected chi connectivity index (χ2v) is 8.03. The number of nitrogens with zero attached hydrogens (tertiary/aromatic N) is 2. The predicted octanol–water partition coefficient (Wildman–Crippen LogP) is 2.90. The van der Waals surface area contributed by atoms with Crippen molar-refractivity contribution in [2.24, 2.45) is 0 Å². The van der Waals surface area contributed by atoms with Crippen molar-refractivity contribution < 1.29 is 13.9 Å². The molecule has 2 fully saturated rings. The molecule has 4 heterocycles. The summed E-state index contributed by atoms with van der Waals surface area (Å²) < 4.78 is 11.5. The molecule has 4 rings (SSSR count). The highest BCUT2D eigenvalue weighted by molar-refractivity contribution is 8.01. The van der Waals surface area contributed by atoms with Crippen molar-refractivity contribution in [2.45, 2.75) is 30.8 Å². The molecule has 2 aromatic heterocycles. The monoisotopic (exact) mass is 344 g/mol. The Morgan fingerprint density at radius 3 is 3.04 bits per heavy atom. The highest BCUT2D eigenvalue weighted by Crippen LogP contribution is 2.46. The summed E-state index contributed by atoms with van der Waals surface area (Å²) in [5.74, 6) is 1.45. The van der Waals surface area contributed by atoms with E-state index in [1.807, 2.05) is 47.9 Å². The highest BCUT2D eigenvalue weighted by Gasteiger charge is 2.51. The Morgan fingerprint density at radius 1 is 1.46 bits per heavy atom. The Kier molecular flexibility index (Phi) is 4.10. The maximum absolute atomic E-state index is 12.4. The summed E-state index contributed by atoms with van der Waals surface area (Å²) in [5.41, 5.74) is 1.86. The van der Waals surface area contributed by atoms with Gasteiger partial charge < -0.3 is 14.1 Å². The lowest BCUT2D eigenvalue weighted by molar-refractivity contribution is 0.0233. The maximum Gasteiger partial charge on any atom is 0.289 e. The van der Waals surface area contributed by atoms with Crippen LogP contribution in [0.4, 0.5) is 0 Å². The van der Waals surface area contributed by atoms with Gasteiger partial charge in [-0.3, -0.25) is 9.78 Å². The summed E-state index contributed by atoms with van der Waals surface area (Å²) in [6, 6.07) is 7.69. The van der Waals surface area contributed by atoms with Gasteiger partial charge in [0.1, 0.15) is 0 Å². The molecule has 0 aliphatic carbocycles. The standard InChI is InChI=1S/C18H20N2O3S/c1-13-5-7-22-16(13)17(21)20-11-18(12-20)8-15(10-24-18)23-9-14-4-2-3-6-19-14/h2-7,15H,8-12H2,1H3/t15-/m0/s1. The average Bonchev–Trinajstić information content (AvgIpc) is 3.18. The molecule has 2 aromatic rings. The Labute approximate surface area is 145 Å². The first-order chi connectivity index (χ1) is 11.7. The molecule has 0 unspecified atom stereocenters. The lowest BCUT2D eigenvalue weighted by Crippen LogP contribution is -2.60. The Bertz CT molecular complexity index is 725. The van der Waals surface area contributed by atoms with Crippen LogP contribution < -0.4 is 0 Å². The molecule has 2 aliphatic heterocycles. The van der Waals surface area contributed by atoms with Gasteiger partial charge in [0.2, 0.25) is 0 Å². The normalized spacial score (nSPS) is 21.9. The molecule has 0 bridgehead atoms. The van der Waals surface area contributed by atoms with Gasteiger partial charge in [-0.05, 0) is 31.5 Å². The molecule has 1 atom stereocenters. The smallest absolute Gasteiger partial charge is 0.289 e. The summed E-state index contributed by atoms with van der Waals surface area (Å²) in [6.45, 7) is 4.01. The fraction of sp³-hybridized carbons (Fsp3) is 0.444. The van der Waals surface area contributed by atoms with E-state index in [1.54, 1.807) is 12.5 Å². The van der Waals surface area contributed by atoms with Gasteiger partial charge >= 0.3 is 0 Å². The van der Waals surface area contributed by atoms with Crippen LogP contribution in [0.25, 0.3) is 0 Å². The third-order valence-electron chi connectivity index (χ3n) is 4.67. The first-order valence-electron chi connectivity index (χ1n) is 8.14. The second-order valence-electron chi connectivity index (χ2n) is 6.55. The number of furan rings is 1. The van der Waals surface area contributed by atoms with E-state index in [1.165, 1.54) is 0 Å². The molecule has 1 amide bonds. The number of rotatable bonds is 4. The number of likely N-dealkylation sites (tertiary alicyclic amines) is 1. The van der Waals surface area contributed by atoms with Gasteiger partial charge in [0, 0.05) is 30.6 Å². The van der Waals surface area contributed by atoms with Gasteiger partial charge in [0.25, 0.3) is 5.91 Å². The van der Waals surface area contributed by atoms with Crippen LogP contribution >= 0.6 is 11.8 Å². The van der Waals surface area contributed by atoms with Crippen molar-refractivity contribution in [2.75, 3.05) is 18.8 Å². The first kappa shape index (κ1) is 15.7. The third-order valence-corrected chi connectivity index (χ3v) is 6.25. The molecule has 1 spiro atoms. The minimum atomic E-state index is 0.00146. The van der Waals surface area contributed by atoms with Crippen LogP contribution in [0.15, 0.2) is 41.1 Å². The van der Waals surface area contributed by atoms with Crippen LogP contribution in [0.5, 0.6) is 0 Å². The number of carbonyl (C=O) groups excluding carboxylic acids is 1. The summed E-state index contributed by atoms with van der Waals surface area (Å²) in [6.07, 6.45) is 4.59. The van der Waals surface area contributed by atoms with Crippen LogP contribution in [-0.2, 0) is 11.3 Å². The van der Waals surface area contributed by atoms with Gasteiger partial charge in [0.15, 0.2) is 5.76 Å². The van der Waals surface area contributed by atoms with E-state index in [0.717, 1.165) is 36.5 Å². The Balaban J connectivity index is 1.29. The number of aromatic nitrogens is 1. The van der Waals surface area contributed by atoms with Crippen molar-refractivity contribution in [3.05, 3.63) is 53.7 Å². The van der Waals surface area contributed by atoms with Crippen molar-refractivity contribution in [1.29, 1.82) is 0 Å². The topological polar surface area (TPSA) is 55.6 Å². The molecular formula is C18H20N2O3S. The molecule has 24 heavy (non-hydrogen) atoms. The molecule has 0 radical (unpaired) electrons. The number of thioether (sulfide) groups is 1. The summed E-state index contributed by atoms with van der Waals surface area (Å²) >= 11 is 1.93. The molecule has 126 valence electrons. The molecule has 0 N–H and O–H groups in total. The number of amides is 1. The first-order valence-corrected chi connectivity index (χ1v) is 9.13. The second kappa shape index (κ2) is 6.26. The largest absolute Gasteiger partial charge is 0.459 e. The summed E-state index contributed by atoms with van der Waals surface area (Å²) in [7, 11) is 0. The minimum absolute atomic E-state index is 0.00146. The number of aryl methyl sites for hydroxylation is 1. The molecule has 6 heteroatoms. The number of hydrogen-bond acceptors (Lipinski definition) is 5. The maximum atomic E-state index is 12.4. The van der Waals surface area contributed by atoms with Crippen LogP contribution in [0.1, 0.15) is 28.2 Å². The van der Waals surface area contributed by atoms with Gasteiger partial charge in [-0.1, -0.05) is 6.07 Å². The number of pyridine rings is 1. The van der Waals surface area contributed by atoms with Crippen molar-refractivity contribution in [3.8, 4) is 0 Å². The lowest BCUT2D eigenvalue weighted by atomic mass is 9.92. The van der Waals surface area contributed by atoms with Gasteiger partial charge in [-0.15, -0.1) is 11.8 Å². The van der Waals surface area contributed by atoms with E-state index >= 15 is 0 Å². The lowest BCUT2D eigenvalue weighted by Gasteiger charge is -2.47. The molecule has 2 aliphatic rings. The van der Waals surface area contributed by atoms with Gasteiger partial charge in [-0.25, -0.2) is 0 Å². The van der Waals surface area contributed by atoms with Crippen LogP contribution in [-0.4, -0.2) is 45.5 Å². The highest BCUT2D eigenvalue weighted by atomic mass is 32.2. The van der Waals surface area contributed by atoms with E-state index in [2.05, 4.69) is 4.98 Å². The third kappa shape index (κ3) is 2.96. The van der Waals surface area contributed by atoms with Crippen LogP contribution in [0.3, 0.4) is 0 Å². The van der Waals surface area contributed by atoms with E-state index in [0.29, 0.717) is 12.4 Å². The quantitative estimate of drug-likeness (QED) is 0.854. The number of carbonyl (C=O) groups is 1. The average molecular weight is 344 g/mol. The summed E-state index contributed by atoms with van der Waals surface area (Å²) in [4.78, 5) is 18.6. The fourth-order valence-corrected chi connectivity index (χ4v) is 4.90. The van der Waals surface area contributed by atoms with E-state index < -0.39 is 0 Å². The Morgan fingerprint density at radius 2 is 2.33 bits per heavy atom. The van der Waals surface area contributed by atoms with Crippen LogP contribution in [0.2, 0.25) is 0 Å². The Hall–Kier alpha value is -1.79. The SMILES string of the molecule is Cc1ccoc1C(=O)N1CC2(C[C@H](OCc3ccccn3)CS2)C1. The zero-order valence-corrected chi connectivity index (χ0v) is 14.4. The summed E-state index contributed by atoms with van der Waals surface area (Å²) in [5, 5.41) is 0. The zero-order chi connectivity index (χ0) is 16.6. The number of ether oxygens (including phenoxy) is 1. The zero-order valence-electron chi connectivity index (χ0n) is 13.6. The van der Waals surface area contributed by atoms with E-state index in [4.69, 9.17) is 9.15 Å². The minimum Gasteiger partial charge on any atom is -0.459 e. The van der Waals surface area contributed by atoms with E-state index in [9.17, 15) is 4.79 Å². The van der Waals surface area contributed by atoms with Crippen molar-refractivity contribution >= 4 is 17.7 Å². The predicted molar refractivity (Wildman–Crippen MR) is 92.0 cm³/mol. The number of hydrogen-bond donors (Lipinski definition) is 0. The van der Waals surface area contributed by atoms with Crippen molar-refractivity contribution in [1.82, 2.24) is 9.88 Å². The molecule has 2 saturated heterocycles. The van der Waals surface area contributed by atoms with Crippen molar-refractivity contribution in [3.63, 3.8) is 0 Å². The molecular weight excluding hydrogens is 324 g/mol. The molecule has 0 aromatic carbocycles. The van der Waals surface area contributed by atoms with Crippen LogP contribution in [0, 0.1) is 6.92 Å². The van der Waals surface area contributed by atoms with Gasteiger partial charge in [-0.2, -0.15) is 0 Å².